The van der Waals surface area contributed by atoms with Crippen molar-refractivity contribution in [2.75, 3.05) is 42.7 Å². The van der Waals surface area contributed by atoms with Gasteiger partial charge in [-0.3, -0.25) is 5.32 Å². The Kier molecular flexibility index (Phi) is 5.51. The SMILES string of the molecule is Cc1c(-c2cc3cc(NC(=O)O[C@@H]4COC[C@H]4C#N)ncc3c(N)c2F)cnc2c1NCCO2. The Bertz CT molecular complexity index is 1340. The highest BCUT2D eigenvalue weighted by molar-refractivity contribution is 5.99. The maximum atomic E-state index is 15.3. The number of amides is 1. The molecule has 1 aromatic carbocycles. The van der Waals surface area contributed by atoms with E-state index in [1.807, 2.05) is 6.92 Å². The van der Waals surface area contributed by atoms with E-state index in [1.54, 1.807) is 18.3 Å². The van der Waals surface area contributed by atoms with Crippen LogP contribution in [0.15, 0.2) is 24.5 Å². The van der Waals surface area contributed by atoms with E-state index in [0.29, 0.717) is 41.1 Å². The molecule has 1 fully saturated rings. The predicted molar refractivity (Wildman–Crippen MR) is 122 cm³/mol. The van der Waals surface area contributed by atoms with Gasteiger partial charge in [0.05, 0.1) is 25.0 Å². The van der Waals surface area contributed by atoms with Gasteiger partial charge in [0, 0.05) is 35.5 Å². The van der Waals surface area contributed by atoms with Crippen LogP contribution in [0.1, 0.15) is 5.56 Å². The predicted octanol–water partition coefficient (Wildman–Crippen LogP) is 3.22. The van der Waals surface area contributed by atoms with E-state index >= 15 is 4.39 Å². The second kappa shape index (κ2) is 8.64. The van der Waals surface area contributed by atoms with Crippen molar-refractivity contribution in [3.63, 3.8) is 0 Å². The van der Waals surface area contributed by atoms with Crippen LogP contribution in [-0.4, -0.2) is 48.5 Å². The molecule has 4 heterocycles. The molecule has 2 aliphatic heterocycles. The van der Waals surface area contributed by atoms with Crippen LogP contribution in [0, 0.1) is 30.0 Å². The number of pyridine rings is 2. The van der Waals surface area contributed by atoms with Gasteiger partial charge in [0.15, 0.2) is 5.82 Å². The molecule has 2 atom stereocenters. The topological polar surface area (TPSA) is 144 Å². The number of hydrogen-bond donors (Lipinski definition) is 3. The fourth-order valence-corrected chi connectivity index (χ4v) is 4.10. The number of ether oxygens (including phenoxy) is 3. The maximum absolute atomic E-state index is 15.3. The molecular formula is C23H21FN6O4. The average molecular weight is 464 g/mol. The normalized spacial score (nSPS) is 19.0. The standard InChI is InChI=1S/C23H21FN6O4/c1-11-15(7-29-22-21(11)27-2-3-33-22)14-4-12-5-18(28-8-16(12)20(26)19(14)24)30-23(31)34-17-10-32-9-13(17)6-25/h4-5,7-8,13,17,27H,2-3,9-10,26H2,1H3,(H,28,30,31)/t13-,17-/m1/s1. The third kappa shape index (κ3) is 3.78. The van der Waals surface area contributed by atoms with Crippen molar-refractivity contribution >= 4 is 34.1 Å². The quantitative estimate of drug-likeness (QED) is 0.498. The van der Waals surface area contributed by atoms with Gasteiger partial charge in [-0.2, -0.15) is 5.26 Å². The molecule has 0 bridgehead atoms. The third-order valence-electron chi connectivity index (χ3n) is 5.92. The Hall–Kier alpha value is -4.17. The Morgan fingerprint density at radius 3 is 3.00 bits per heavy atom. The first-order valence-corrected chi connectivity index (χ1v) is 10.7. The molecule has 3 aromatic rings. The van der Waals surface area contributed by atoms with E-state index in [4.69, 9.17) is 25.2 Å². The molecule has 10 nitrogen and oxygen atoms in total. The van der Waals surface area contributed by atoms with Gasteiger partial charge in [0.2, 0.25) is 5.88 Å². The van der Waals surface area contributed by atoms with Gasteiger partial charge in [0.1, 0.15) is 30.1 Å². The first kappa shape index (κ1) is 21.7. The van der Waals surface area contributed by atoms with Gasteiger partial charge in [0.25, 0.3) is 0 Å². The molecule has 5 rings (SSSR count). The van der Waals surface area contributed by atoms with Crippen molar-refractivity contribution in [1.29, 1.82) is 5.26 Å². The molecule has 0 unspecified atom stereocenters. The van der Waals surface area contributed by atoms with Crippen LogP contribution in [0.2, 0.25) is 0 Å². The summed E-state index contributed by atoms with van der Waals surface area (Å²) in [6.07, 6.45) is 1.52. The number of nitrogen functional groups attached to an aromatic ring is 1. The minimum atomic E-state index is -0.765. The molecule has 2 aromatic heterocycles. The molecular weight excluding hydrogens is 443 g/mol. The van der Waals surface area contributed by atoms with Gasteiger partial charge >= 0.3 is 6.09 Å². The molecule has 0 radical (unpaired) electrons. The number of fused-ring (bicyclic) bond motifs is 2. The lowest BCUT2D eigenvalue weighted by Crippen LogP contribution is -2.27. The smallest absolute Gasteiger partial charge is 0.413 e. The summed E-state index contributed by atoms with van der Waals surface area (Å²) in [5.41, 5.74) is 8.38. The Morgan fingerprint density at radius 2 is 2.18 bits per heavy atom. The molecule has 2 aliphatic rings. The number of nitriles is 1. The van der Waals surface area contributed by atoms with Crippen molar-refractivity contribution in [2.24, 2.45) is 5.92 Å². The zero-order chi connectivity index (χ0) is 23.8. The van der Waals surface area contributed by atoms with Gasteiger partial charge in [-0.15, -0.1) is 0 Å². The van der Waals surface area contributed by atoms with Gasteiger partial charge < -0.3 is 25.3 Å². The lowest BCUT2D eigenvalue weighted by atomic mass is 9.97. The lowest BCUT2D eigenvalue weighted by Gasteiger charge is -2.22. The highest BCUT2D eigenvalue weighted by Crippen LogP contribution is 2.39. The molecule has 34 heavy (non-hydrogen) atoms. The zero-order valence-electron chi connectivity index (χ0n) is 18.2. The van der Waals surface area contributed by atoms with Gasteiger partial charge in [-0.1, -0.05) is 0 Å². The minimum absolute atomic E-state index is 0.0598. The number of carbonyl (C=O) groups is 1. The highest BCUT2D eigenvalue weighted by atomic mass is 19.1. The highest BCUT2D eigenvalue weighted by Gasteiger charge is 2.31. The molecule has 174 valence electrons. The number of rotatable bonds is 3. The fraction of sp³-hybridized carbons (Fsp3) is 0.304. The first-order chi connectivity index (χ1) is 16.5. The summed E-state index contributed by atoms with van der Waals surface area (Å²) < 4.78 is 31.3. The van der Waals surface area contributed by atoms with E-state index < -0.39 is 23.9 Å². The Balaban J connectivity index is 1.47. The molecule has 1 saturated heterocycles. The molecule has 1 amide bonds. The summed E-state index contributed by atoms with van der Waals surface area (Å²) in [6, 6.07) is 5.26. The third-order valence-corrected chi connectivity index (χ3v) is 5.92. The Morgan fingerprint density at radius 1 is 1.32 bits per heavy atom. The average Bonchev–Trinajstić information content (AvgIpc) is 3.29. The van der Waals surface area contributed by atoms with Crippen molar-refractivity contribution < 1.29 is 23.4 Å². The number of carbonyl (C=O) groups excluding carboxylic acids is 1. The molecule has 4 N–H and O–H groups in total. The van der Waals surface area contributed by atoms with E-state index in [-0.39, 0.29) is 30.3 Å². The second-order valence-electron chi connectivity index (χ2n) is 8.04. The van der Waals surface area contributed by atoms with Crippen LogP contribution in [0.4, 0.5) is 26.4 Å². The van der Waals surface area contributed by atoms with Crippen LogP contribution >= 0.6 is 0 Å². The van der Waals surface area contributed by atoms with Crippen molar-refractivity contribution in [2.45, 2.75) is 13.0 Å². The number of nitrogens with two attached hydrogens (primary N) is 1. The lowest BCUT2D eigenvalue weighted by molar-refractivity contribution is 0.0878. The zero-order valence-corrected chi connectivity index (χ0v) is 18.2. The summed E-state index contributed by atoms with van der Waals surface area (Å²) in [6.45, 7) is 3.36. The van der Waals surface area contributed by atoms with Crippen LogP contribution in [-0.2, 0) is 9.47 Å². The Labute approximate surface area is 193 Å². The van der Waals surface area contributed by atoms with Crippen LogP contribution < -0.4 is 21.1 Å². The summed E-state index contributed by atoms with van der Waals surface area (Å²) in [5.74, 6) is -0.437. The van der Waals surface area contributed by atoms with E-state index in [9.17, 15) is 4.79 Å². The minimum Gasteiger partial charge on any atom is -0.474 e. The van der Waals surface area contributed by atoms with Crippen molar-refractivity contribution in [3.05, 3.63) is 35.9 Å². The fourth-order valence-electron chi connectivity index (χ4n) is 4.10. The largest absolute Gasteiger partial charge is 0.474 e. The second-order valence-corrected chi connectivity index (χ2v) is 8.04. The van der Waals surface area contributed by atoms with Crippen LogP contribution in [0.3, 0.4) is 0 Å². The van der Waals surface area contributed by atoms with Crippen LogP contribution in [0.25, 0.3) is 21.9 Å². The van der Waals surface area contributed by atoms with E-state index in [2.05, 4.69) is 26.7 Å². The first-order valence-electron chi connectivity index (χ1n) is 10.7. The molecule has 0 aliphatic carbocycles. The van der Waals surface area contributed by atoms with E-state index in [1.165, 1.54) is 6.20 Å². The summed E-state index contributed by atoms with van der Waals surface area (Å²) in [4.78, 5) is 20.8. The summed E-state index contributed by atoms with van der Waals surface area (Å²) >= 11 is 0. The number of nitrogens with zero attached hydrogens (tertiary/aromatic N) is 3. The number of halogens is 1. The monoisotopic (exact) mass is 464 g/mol. The van der Waals surface area contributed by atoms with Gasteiger partial charge in [-0.25, -0.2) is 19.2 Å². The van der Waals surface area contributed by atoms with Gasteiger partial charge in [-0.05, 0) is 30.0 Å². The summed E-state index contributed by atoms with van der Waals surface area (Å²) in [5, 5.41) is 15.8. The summed E-state index contributed by atoms with van der Waals surface area (Å²) in [7, 11) is 0. The molecule has 0 spiro atoms. The van der Waals surface area contributed by atoms with Crippen molar-refractivity contribution in [1.82, 2.24) is 9.97 Å². The van der Waals surface area contributed by atoms with Crippen LogP contribution in [0.5, 0.6) is 5.88 Å². The van der Waals surface area contributed by atoms with Crippen molar-refractivity contribution in [3.8, 4) is 23.1 Å². The number of hydrogen-bond acceptors (Lipinski definition) is 9. The number of aromatic nitrogens is 2. The van der Waals surface area contributed by atoms with E-state index in [0.717, 1.165) is 5.56 Å². The number of nitrogens with one attached hydrogen (secondary N) is 2. The maximum Gasteiger partial charge on any atom is 0.413 e. The number of anilines is 3. The number of benzene rings is 1. The molecule has 0 saturated carbocycles. The molecule has 11 heteroatoms.